The predicted molar refractivity (Wildman–Crippen MR) is 85.2 cm³/mol. The molecule has 1 fully saturated rings. The number of pyridine rings is 1. The molecule has 0 bridgehead atoms. The molecule has 0 aromatic carbocycles. The van der Waals surface area contributed by atoms with Crippen molar-refractivity contribution in [3.63, 3.8) is 0 Å². The molecule has 122 valence electrons. The van der Waals surface area contributed by atoms with Gasteiger partial charge in [-0.2, -0.15) is 0 Å². The van der Waals surface area contributed by atoms with Crippen LogP contribution in [-0.2, 0) is 0 Å². The monoisotopic (exact) mass is 328 g/mol. The first-order valence-electron chi connectivity index (χ1n) is 6.88. The number of carbonyl (C=O) groups is 1. The molecule has 22 heavy (non-hydrogen) atoms. The molecule has 0 saturated carbocycles. The number of hydrogen-bond acceptors (Lipinski definition) is 5. The van der Waals surface area contributed by atoms with Gasteiger partial charge in [0.15, 0.2) is 0 Å². The number of aromatic nitrogens is 1. The second-order valence-electron chi connectivity index (χ2n) is 6.19. The number of amides is 1. The zero-order chi connectivity index (χ0) is 15.8. The summed E-state index contributed by atoms with van der Waals surface area (Å²) in [6.45, 7) is 6.82. The van der Waals surface area contributed by atoms with Gasteiger partial charge in [0.2, 0.25) is 0 Å². The first kappa shape index (κ1) is 18.3. The van der Waals surface area contributed by atoms with Gasteiger partial charge in [0.1, 0.15) is 6.20 Å². The highest BCUT2D eigenvalue weighted by Gasteiger charge is 2.36. The maximum absolute atomic E-state index is 12.6. The highest BCUT2D eigenvalue weighted by Crippen LogP contribution is 2.29. The molecule has 1 aromatic rings. The average Bonchev–Trinajstić information content (AvgIpc) is 2.41. The SMILES string of the molecule is Cc1ncc([N+](=O)[O-])cc1C(=O)N1CCC(N)C(C)(C)C1.Cl. The van der Waals surface area contributed by atoms with E-state index in [2.05, 4.69) is 4.98 Å². The summed E-state index contributed by atoms with van der Waals surface area (Å²) in [5.74, 6) is -0.219. The van der Waals surface area contributed by atoms with E-state index in [0.29, 0.717) is 18.8 Å². The van der Waals surface area contributed by atoms with E-state index in [9.17, 15) is 14.9 Å². The van der Waals surface area contributed by atoms with Crippen molar-refractivity contribution in [2.24, 2.45) is 11.1 Å². The maximum Gasteiger partial charge on any atom is 0.288 e. The van der Waals surface area contributed by atoms with Gasteiger partial charge in [-0.15, -0.1) is 12.4 Å². The number of rotatable bonds is 2. The normalized spacial score (nSPS) is 20.2. The van der Waals surface area contributed by atoms with Crippen molar-refractivity contribution in [2.75, 3.05) is 13.1 Å². The van der Waals surface area contributed by atoms with E-state index in [1.165, 1.54) is 12.3 Å². The Morgan fingerprint density at radius 3 is 2.73 bits per heavy atom. The van der Waals surface area contributed by atoms with Crippen molar-refractivity contribution >= 4 is 24.0 Å². The fourth-order valence-electron chi connectivity index (χ4n) is 2.56. The third-order valence-electron chi connectivity index (χ3n) is 4.11. The highest BCUT2D eigenvalue weighted by molar-refractivity contribution is 5.95. The topological polar surface area (TPSA) is 102 Å². The molecule has 1 aromatic heterocycles. The molecule has 2 heterocycles. The van der Waals surface area contributed by atoms with Crippen LogP contribution in [0.4, 0.5) is 5.69 Å². The highest BCUT2D eigenvalue weighted by atomic mass is 35.5. The lowest BCUT2D eigenvalue weighted by atomic mass is 9.79. The molecule has 0 radical (unpaired) electrons. The van der Waals surface area contributed by atoms with Crippen molar-refractivity contribution in [1.82, 2.24) is 9.88 Å². The van der Waals surface area contributed by atoms with Crippen molar-refractivity contribution < 1.29 is 9.72 Å². The first-order chi connectivity index (χ1) is 9.72. The molecule has 1 unspecified atom stereocenters. The van der Waals surface area contributed by atoms with Crippen molar-refractivity contribution in [1.29, 1.82) is 0 Å². The van der Waals surface area contributed by atoms with Crippen LogP contribution in [0, 0.1) is 22.5 Å². The Bertz CT molecular complexity index is 591. The molecule has 2 rings (SSSR count). The summed E-state index contributed by atoms with van der Waals surface area (Å²) in [5.41, 5.74) is 6.51. The summed E-state index contributed by atoms with van der Waals surface area (Å²) in [7, 11) is 0. The minimum Gasteiger partial charge on any atom is -0.338 e. The lowest BCUT2D eigenvalue weighted by Crippen LogP contribution is -2.54. The summed E-state index contributed by atoms with van der Waals surface area (Å²) in [4.78, 5) is 28.6. The number of nitro groups is 1. The molecule has 1 atom stereocenters. The lowest BCUT2D eigenvalue weighted by Gasteiger charge is -2.42. The number of piperidine rings is 1. The standard InChI is InChI=1S/C14H20N4O3.ClH/c1-9-11(6-10(7-16-9)18(20)21)13(19)17-5-4-12(15)14(2,3)8-17;/h6-7,12H,4-5,8,15H2,1-3H3;1H. The van der Waals surface area contributed by atoms with Crippen LogP contribution in [0.2, 0.25) is 0 Å². The van der Waals surface area contributed by atoms with Crippen LogP contribution in [0.25, 0.3) is 0 Å². The van der Waals surface area contributed by atoms with Crippen molar-refractivity contribution in [3.05, 3.63) is 33.6 Å². The molecular formula is C14H21ClN4O3. The average molecular weight is 329 g/mol. The van der Waals surface area contributed by atoms with Crippen LogP contribution in [0.15, 0.2) is 12.3 Å². The number of hydrogen-bond donors (Lipinski definition) is 1. The van der Waals surface area contributed by atoms with Gasteiger partial charge < -0.3 is 10.6 Å². The van der Waals surface area contributed by atoms with Gasteiger partial charge in [-0.25, -0.2) is 0 Å². The Kier molecular flexibility index (Phi) is 5.48. The van der Waals surface area contributed by atoms with Crippen molar-refractivity contribution in [3.8, 4) is 0 Å². The summed E-state index contributed by atoms with van der Waals surface area (Å²) < 4.78 is 0. The largest absolute Gasteiger partial charge is 0.338 e. The van der Waals surface area contributed by atoms with E-state index in [0.717, 1.165) is 6.42 Å². The van der Waals surface area contributed by atoms with Crippen LogP contribution in [0.1, 0.15) is 36.3 Å². The van der Waals surface area contributed by atoms with E-state index >= 15 is 0 Å². The van der Waals surface area contributed by atoms with Crippen LogP contribution >= 0.6 is 12.4 Å². The van der Waals surface area contributed by atoms with E-state index in [1.54, 1.807) is 11.8 Å². The second kappa shape index (κ2) is 6.58. The number of carbonyl (C=O) groups excluding carboxylic acids is 1. The van der Waals surface area contributed by atoms with Gasteiger partial charge in [-0.05, 0) is 18.8 Å². The first-order valence-corrected chi connectivity index (χ1v) is 6.88. The summed E-state index contributed by atoms with van der Waals surface area (Å²) >= 11 is 0. The molecule has 0 spiro atoms. The van der Waals surface area contributed by atoms with Crippen LogP contribution in [0.3, 0.4) is 0 Å². The summed E-state index contributed by atoms with van der Waals surface area (Å²) in [6, 6.07) is 1.34. The zero-order valence-corrected chi connectivity index (χ0v) is 13.7. The van der Waals surface area contributed by atoms with E-state index in [4.69, 9.17) is 5.73 Å². The summed E-state index contributed by atoms with van der Waals surface area (Å²) in [5, 5.41) is 10.8. The second-order valence-corrected chi connectivity index (χ2v) is 6.19. The smallest absolute Gasteiger partial charge is 0.288 e. The predicted octanol–water partition coefficient (Wildman–Crippen LogP) is 1.92. The van der Waals surface area contributed by atoms with Crippen LogP contribution in [0.5, 0.6) is 0 Å². The van der Waals surface area contributed by atoms with E-state index in [1.807, 2.05) is 13.8 Å². The molecule has 1 aliphatic rings. The Morgan fingerprint density at radius 2 is 2.18 bits per heavy atom. The third kappa shape index (κ3) is 3.53. The molecular weight excluding hydrogens is 308 g/mol. The van der Waals surface area contributed by atoms with Crippen LogP contribution < -0.4 is 5.73 Å². The maximum atomic E-state index is 12.6. The van der Waals surface area contributed by atoms with Gasteiger partial charge in [0, 0.05) is 25.2 Å². The Morgan fingerprint density at radius 1 is 1.55 bits per heavy atom. The van der Waals surface area contributed by atoms with Gasteiger partial charge in [-0.1, -0.05) is 13.8 Å². The molecule has 8 heteroatoms. The summed E-state index contributed by atoms with van der Waals surface area (Å²) in [6.07, 6.45) is 1.89. The van der Waals surface area contributed by atoms with Gasteiger partial charge >= 0.3 is 0 Å². The van der Waals surface area contributed by atoms with Crippen LogP contribution in [-0.4, -0.2) is 39.8 Å². The molecule has 1 amide bonds. The number of aryl methyl sites for hydroxylation is 1. The Balaban J connectivity index is 0.00000242. The fourth-order valence-corrected chi connectivity index (χ4v) is 2.56. The van der Waals surface area contributed by atoms with Gasteiger partial charge in [0.25, 0.3) is 11.6 Å². The van der Waals surface area contributed by atoms with Gasteiger partial charge in [0.05, 0.1) is 16.2 Å². The molecule has 1 aliphatic heterocycles. The minimum atomic E-state index is -0.542. The Hall–Kier alpha value is -1.73. The van der Waals surface area contributed by atoms with Gasteiger partial charge in [-0.3, -0.25) is 19.9 Å². The number of halogens is 1. The Labute approximate surface area is 135 Å². The third-order valence-corrected chi connectivity index (χ3v) is 4.11. The molecule has 0 aliphatic carbocycles. The molecule has 7 nitrogen and oxygen atoms in total. The lowest BCUT2D eigenvalue weighted by molar-refractivity contribution is -0.385. The van der Waals surface area contributed by atoms with Crippen molar-refractivity contribution in [2.45, 2.75) is 33.2 Å². The quantitative estimate of drug-likeness (QED) is 0.660. The number of nitrogens with zero attached hydrogens (tertiary/aromatic N) is 3. The number of likely N-dealkylation sites (tertiary alicyclic amines) is 1. The molecule has 2 N–H and O–H groups in total. The minimum absolute atomic E-state index is 0. The van der Waals surface area contributed by atoms with E-state index in [-0.39, 0.29) is 41.0 Å². The van der Waals surface area contributed by atoms with E-state index < -0.39 is 4.92 Å². The molecule has 1 saturated heterocycles. The number of nitrogens with two attached hydrogens (primary N) is 1. The fraction of sp³-hybridized carbons (Fsp3) is 0.571. The zero-order valence-electron chi connectivity index (χ0n) is 12.9.